The number of hydrogen-bond donors (Lipinski definition) is 1. The first-order chi connectivity index (χ1) is 14.5. The molecule has 4 rings (SSSR count). The van der Waals surface area contributed by atoms with Gasteiger partial charge < -0.3 is 10.1 Å². The van der Waals surface area contributed by atoms with Crippen LogP contribution in [0.2, 0.25) is 0 Å². The van der Waals surface area contributed by atoms with Crippen LogP contribution in [-0.4, -0.2) is 46.9 Å². The lowest BCUT2D eigenvalue weighted by molar-refractivity contribution is 0.0342. The highest BCUT2D eigenvalue weighted by Gasteiger charge is 2.18. The van der Waals surface area contributed by atoms with Crippen LogP contribution < -0.4 is 10.7 Å². The molecule has 0 spiro atoms. The lowest BCUT2D eigenvalue weighted by Crippen LogP contribution is -2.35. The number of ether oxygens (including phenoxy) is 1. The average Bonchev–Trinajstić information content (AvgIpc) is 2.75. The van der Waals surface area contributed by atoms with Crippen LogP contribution in [0.5, 0.6) is 0 Å². The summed E-state index contributed by atoms with van der Waals surface area (Å²) in [6, 6.07) is 11.4. The van der Waals surface area contributed by atoms with Gasteiger partial charge in [-0.05, 0) is 42.8 Å². The number of rotatable bonds is 5. The number of amides is 1. The van der Waals surface area contributed by atoms with Crippen molar-refractivity contribution in [3.8, 4) is 0 Å². The summed E-state index contributed by atoms with van der Waals surface area (Å²) in [7, 11) is 0. The van der Waals surface area contributed by atoms with E-state index in [-0.39, 0.29) is 11.1 Å². The number of halogens is 1. The third kappa shape index (κ3) is 4.24. The third-order valence-corrected chi connectivity index (χ3v) is 5.13. The highest BCUT2D eigenvalue weighted by atomic mass is 19.1. The van der Waals surface area contributed by atoms with Gasteiger partial charge in [-0.25, -0.2) is 4.39 Å². The second-order valence-electron chi connectivity index (χ2n) is 7.20. The number of aromatic nitrogens is 2. The zero-order valence-corrected chi connectivity index (χ0v) is 16.7. The first-order valence-corrected chi connectivity index (χ1v) is 9.96. The van der Waals surface area contributed by atoms with Crippen LogP contribution in [0.4, 0.5) is 10.1 Å². The number of benzene rings is 2. The minimum absolute atomic E-state index is 0.137. The largest absolute Gasteiger partial charge is 0.379 e. The molecule has 1 saturated heterocycles. The zero-order chi connectivity index (χ0) is 21.1. The van der Waals surface area contributed by atoms with Crippen LogP contribution in [-0.2, 0) is 17.8 Å². The van der Waals surface area contributed by atoms with Crippen molar-refractivity contribution in [3.63, 3.8) is 0 Å². The summed E-state index contributed by atoms with van der Waals surface area (Å²) in [6.45, 7) is 6.20. The van der Waals surface area contributed by atoms with Gasteiger partial charge in [-0.1, -0.05) is 12.1 Å². The Morgan fingerprint density at radius 2 is 2.00 bits per heavy atom. The smallest absolute Gasteiger partial charge is 0.280 e. The number of fused-ring (bicyclic) bond motifs is 1. The SMILES string of the molecule is CCn1nc(C(=O)Nc2cccc(CN3CCOCC3)c2)c(=O)c2cc(F)ccc21. The summed E-state index contributed by atoms with van der Waals surface area (Å²) in [5, 5.41) is 7.10. The highest BCUT2D eigenvalue weighted by molar-refractivity contribution is 6.04. The molecule has 0 bridgehead atoms. The Morgan fingerprint density at radius 3 is 2.77 bits per heavy atom. The lowest BCUT2D eigenvalue weighted by Gasteiger charge is -2.26. The van der Waals surface area contributed by atoms with E-state index >= 15 is 0 Å². The predicted molar refractivity (Wildman–Crippen MR) is 112 cm³/mol. The van der Waals surface area contributed by atoms with E-state index in [0.717, 1.165) is 31.3 Å². The minimum atomic E-state index is -0.614. The van der Waals surface area contributed by atoms with Crippen LogP contribution in [0.25, 0.3) is 10.9 Å². The van der Waals surface area contributed by atoms with E-state index in [1.807, 2.05) is 25.1 Å². The maximum Gasteiger partial charge on any atom is 0.280 e. The van der Waals surface area contributed by atoms with Crippen LogP contribution in [0.1, 0.15) is 23.0 Å². The first kappa shape index (κ1) is 20.2. The summed E-state index contributed by atoms with van der Waals surface area (Å²) in [5.74, 6) is -1.15. The van der Waals surface area contributed by atoms with Gasteiger partial charge in [-0.3, -0.25) is 19.2 Å². The number of carbonyl (C=O) groups excluding carboxylic acids is 1. The molecule has 7 nitrogen and oxygen atoms in total. The second kappa shape index (κ2) is 8.73. The molecule has 3 aromatic rings. The minimum Gasteiger partial charge on any atom is -0.379 e. The Morgan fingerprint density at radius 1 is 1.20 bits per heavy atom. The van der Waals surface area contributed by atoms with Crippen molar-refractivity contribution < 1.29 is 13.9 Å². The summed E-state index contributed by atoms with van der Waals surface area (Å²) in [6.07, 6.45) is 0. The molecular formula is C22H23FN4O3. The molecule has 2 heterocycles. The number of nitrogens with zero attached hydrogens (tertiary/aromatic N) is 3. The third-order valence-electron chi connectivity index (χ3n) is 5.13. The molecule has 1 aromatic heterocycles. The number of carbonyl (C=O) groups is 1. The molecular weight excluding hydrogens is 387 g/mol. The molecule has 1 fully saturated rings. The van der Waals surface area contributed by atoms with E-state index in [1.165, 1.54) is 16.8 Å². The summed E-state index contributed by atoms with van der Waals surface area (Å²) in [4.78, 5) is 27.9. The van der Waals surface area contributed by atoms with Crippen molar-refractivity contribution in [3.05, 3.63) is 69.8 Å². The van der Waals surface area contributed by atoms with Gasteiger partial charge >= 0.3 is 0 Å². The molecule has 156 valence electrons. The molecule has 1 aliphatic heterocycles. The molecule has 1 N–H and O–H groups in total. The topological polar surface area (TPSA) is 76.5 Å². The van der Waals surface area contributed by atoms with E-state index in [4.69, 9.17) is 4.74 Å². The maximum atomic E-state index is 13.7. The van der Waals surface area contributed by atoms with Gasteiger partial charge in [0.1, 0.15) is 5.82 Å². The molecule has 30 heavy (non-hydrogen) atoms. The molecule has 2 aromatic carbocycles. The van der Waals surface area contributed by atoms with Crippen molar-refractivity contribution in [1.29, 1.82) is 0 Å². The fourth-order valence-electron chi connectivity index (χ4n) is 3.61. The van der Waals surface area contributed by atoms with Gasteiger partial charge in [0, 0.05) is 31.9 Å². The summed E-state index contributed by atoms with van der Waals surface area (Å²) >= 11 is 0. The monoisotopic (exact) mass is 410 g/mol. The van der Waals surface area contributed by atoms with Crippen LogP contribution in [0.3, 0.4) is 0 Å². The standard InChI is InChI=1S/C22H23FN4O3/c1-2-27-19-7-6-16(23)13-18(19)21(28)20(25-27)22(29)24-17-5-3-4-15(12-17)14-26-8-10-30-11-9-26/h3-7,12-13H,2,8-11,14H2,1H3,(H,24,29). The number of hydrogen-bond acceptors (Lipinski definition) is 5. The van der Waals surface area contributed by atoms with Crippen LogP contribution in [0, 0.1) is 5.82 Å². The Hall–Kier alpha value is -3.10. The molecule has 0 saturated carbocycles. The Balaban J connectivity index is 1.59. The Labute approximate surface area is 173 Å². The quantitative estimate of drug-likeness (QED) is 0.700. The zero-order valence-electron chi connectivity index (χ0n) is 16.7. The van der Waals surface area contributed by atoms with Crippen molar-refractivity contribution in [2.75, 3.05) is 31.6 Å². The van der Waals surface area contributed by atoms with Crippen molar-refractivity contribution in [2.45, 2.75) is 20.0 Å². The van der Waals surface area contributed by atoms with Gasteiger partial charge in [0.25, 0.3) is 5.91 Å². The van der Waals surface area contributed by atoms with Crippen LogP contribution >= 0.6 is 0 Å². The number of nitrogens with one attached hydrogen (secondary N) is 1. The molecule has 0 unspecified atom stereocenters. The molecule has 0 atom stereocenters. The predicted octanol–water partition coefficient (Wildman–Crippen LogP) is 2.64. The number of anilines is 1. The second-order valence-corrected chi connectivity index (χ2v) is 7.20. The molecule has 0 aliphatic carbocycles. The average molecular weight is 410 g/mol. The van der Waals surface area contributed by atoms with E-state index in [0.29, 0.717) is 31.0 Å². The molecule has 1 amide bonds. The fourth-order valence-corrected chi connectivity index (χ4v) is 3.61. The van der Waals surface area contributed by atoms with Gasteiger partial charge in [-0.2, -0.15) is 5.10 Å². The van der Waals surface area contributed by atoms with Gasteiger partial charge in [-0.15, -0.1) is 0 Å². The fraction of sp³-hybridized carbons (Fsp3) is 0.318. The lowest BCUT2D eigenvalue weighted by atomic mass is 10.1. The van der Waals surface area contributed by atoms with Crippen molar-refractivity contribution in [2.24, 2.45) is 0 Å². The van der Waals surface area contributed by atoms with E-state index < -0.39 is 17.2 Å². The van der Waals surface area contributed by atoms with E-state index in [1.54, 1.807) is 6.07 Å². The Bertz CT molecular complexity index is 1140. The van der Waals surface area contributed by atoms with E-state index in [9.17, 15) is 14.0 Å². The highest BCUT2D eigenvalue weighted by Crippen LogP contribution is 2.16. The normalized spacial score (nSPS) is 14.7. The first-order valence-electron chi connectivity index (χ1n) is 9.96. The van der Waals surface area contributed by atoms with E-state index in [2.05, 4.69) is 15.3 Å². The van der Waals surface area contributed by atoms with Gasteiger partial charge in [0.05, 0.1) is 24.1 Å². The van der Waals surface area contributed by atoms with Crippen molar-refractivity contribution >= 4 is 22.5 Å². The maximum absolute atomic E-state index is 13.7. The molecule has 1 aliphatic rings. The van der Waals surface area contributed by atoms with Crippen molar-refractivity contribution in [1.82, 2.24) is 14.7 Å². The number of morpholine rings is 1. The molecule has 0 radical (unpaired) electrons. The summed E-state index contributed by atoms with van der Waals surface area (Å²) in [5.41, 5.74) is 1.28. The molecule has 8 heteroatoms. The van der Waals surface area contributed by atoms with Gasteiger partial charge in [0.2, 0.25) is 5.43 Å². The van der Waals surface area contributed by atoms with Crippen LogP contribution in [0.15, 0.2) is 47.3 Å². The Kier molecular flexibility index (Phi) is 5.87. The summed E-state index contributed by atoms with van der Waals surface area (Å²) < 4.78 is 20.6. The van der Waals surface area contributed by atoms with Gasteiger partial charge in [0.15, 0.2) is 5.69 Å². The number of aryl methyl sites for hydroxylation is 1.